The van der Waals surface area contributed by atoms with Crippen molar-refractivity contribution in [1.82, 2.24) is 4.98 Å². The number of aromatic nitrogens is 1. The van der Waals surface area contributed by atoms with E-state index >= 15 is 0 Å². The Bertz CT molecular complexity index is 641. The number of pyridine rings is 1. The molecule has 0 aliphatic rings. The summed E-state index contributed by atoms with van der Waals surface area (Å²) in [4.78, 5) is 14.3. The van der Waals surface area contributed by atoms with Crippen LogP contribution in [0.15, 0.2) is 30.6 Å². The fourth-order valence-corrected chi connectivity index (χ4v) is 1.70. The summed E-state index contributed by atoms with van der Waals surface area (Å²) < 4.78 is 5.64. The quantitative estimate of drug-likeness (QED) is 0.675. The summed E-state index contributed by atoms with van der Waals surface area (Å²) in [5.74, 6) is 1.05. The molecule has 6 heteroatoms. The van der Waals surface area contributed by atoms with Crippen molar-refractivity contribution < 1.29 is 9.66 Å². The smallest absolute Gasteiger partial charge is 0.272 e. The number of nitrogens with two attached hydrogens (primary N) is 1. The molecule has 0 atom stereocenters. The van der Waals surface area contributed by atoms with Crippen molar-refractivity contribution in [2.75, 3.05) is 5.73 Å². The van der Waals surface area contributed by atoms with Gasteiger partial charge in [0.25, 0.3) is 5.69 Å². The zero-order chi connectivity index (χ0) is 14.0. The second-order valence-corrected chi connectivity index (χ2v) is 4.22. The van der Waals surface area contributed by atoms with Gasteiger partial charge in [-0.3, -0.25) is 15.1 Å². The standard InChI is InChI=1S/C13H13N3O3/c1-8-4-13(9(2)3-12(8)16(17)18)19-11-5-10(14)6-15-7-11/h3-7H,14H2,1-2H3. The number of benzene rings is 1. The van der Waals surface area contributed by atoms with E-state index in [1.807, 2.05) is 0 Å². The number of aryl methyl sites for hydroxylation is 2. The van der Waals surface area contributed by atoms with Crippen molar-refractivity contribution in [3.63, 3.8) is 0 Å². The first-order chi connectivity index (χ1) is 8.97. The topological polar surface area (TPSA) is 91.3 Å². The molecule has 0 amide bonds. The normalized spacial score (nSPS) is 10.2. The van der Waals surface area contributed by atoms with Crippen molar-refractivity contribution in [3.05, 3.63) is 51.8 Å². The minimum Gasteiger partial charge on any atom is -0.455 e. The van der Waals surface area contributed by atoms with E-state index in [-0.39, 0.29) is 5.69 Å². The monoisotopic (exact) mass is 259 g/mol. The van der Waals surface area contributed by atoms with E-state index in [1.54, 1.807) is 26.0 Å². The van der Waals surface area contributed by atoms with Gasteiger partial charge in [-0.2, -0.15) is 0 Å². The van der Waals surface area contributed by atoms with Crippen LogP contribution < -0.4 is 10.5 Å². The lowest BCUT2D eigenvalue weighted by Gasteiger charge is -2.10. The van der Waals surface area contributed by atoms with Crippen LogP contribution in [0.5, 0.6) is 11.5 Å². The predicted octanol–water partition coefficient (Wildman–Crippen LogP) is 2.98. The third-order valence-electron chi connectivity index (χ3n) is 2.65. The molecule has 0 radical (unpaired) electrons. The molecule has 0 aliphatic carbocycles. The van der Waals surface area contributed by atoms with Crippen LogP contribution >= 0.6 is 0 Å². The third-order valence-corrected chi connectivity index (χ3v) is 2.65. The molecule has 0 saturated carbocycles. The number of nitrogen functional groups attached to an aromatic ring is 1. The van der Waals surface area contributed by atoms with E-state index in [4.69, 9.17) is 10.5 Å². The maximum atomic E-state index is 10.8. The summed E-state index contributed by atoms with van der Waals surface area (Å²) in [6, 6.07) is 4.77. The Labute approximate surface area is 110 Å². The SMILES string of the molecule is Cc1cc([N+](=O)[O-])c(C)cc1Oc1cncc(N)c1. The highest BCUT2D eigenvalue weighted by Crippen LogP contribution is 2.31. The zero-order valence-corrected chi connectivity index (χ0v) is 10.6. The average Bonchev–Trinajstić information content (AvgIpc) is 2.33. The van der Waals surface area contributed by atoms with Gasteiger partial charge in [0, 0.05) is 17.7 Å². The van der Waals surface area contributed by atoms with Gasteiger partial charge < -0.3 is 10.5 Å². The van der Waals surface area contributed by atoms with Gasteiger partial charge in [-0.25, -0.2) is 0 Å². The second kappa shape index (κ2) is 4.93. The van der Waals surface area contributed by atoms with Gasteiger partial charge >= 0.3 is 0 Å². The molecule has 98 valence electrons. The largest absolute Gasteiger partial charge is 0.455 e. The first-order valence-electron chi connectivity index (χ1n) is 5.61. The Kier molecular flexibility index (Phi) is 3.33. The Morgan fingerprint density at radius 2 is 1.95 bits per heavy atom. The Balaban J connectivity index is 2.36. The van der Waals surface area contributed by atoms with Crippen molar-refractivity contribution in [1.29, 1.82) is 0 Å². The van der Waals surface area contributed by atoms with Crippen LogP contribution in [0.1, 0.15) is 11.1 Å². The highest BCUT2D eigenvalue weighted by atomic mass is 16.6. The van der Waals surface area contributed by atoms with E-state index in [0.717, 1.165) is 0 Å². The number of nitro groups is 1. The Hall–Kier alpha value is -2.63. The summed E-state index contributed by atoms with van der Waals surface area (Å²) in [7, 11) is 0. The van der Waals surface area contributed by atoms with Crippen LogP contribution in [-0.2, 0) is 0 Å². The van der Waals surface area contributed by atoms with E-state index in [0.29, 0.717) is 28.3 Å². The van der Waals surface area contributed by atoms with Gasteiger partial charge in [0.15, 0.2) is 0 Å². The van der Waals surface area contributed by atoms with E-state index in [1.165, 1.54) is 18.5 Å². The lowest BCUT2D eigenvalue weighted by molar-refractivity contribution is -0.385. The van der Waals surface area contributed by atoms with Crippen LogP contribution in [0, 0.1) is 24.0 Å². The van der Waals surface area contributed by atoms with Crippen LogP contribution in [-0.4, -0.2) is 9.91 Å². The fourth-order valence-electron chi connectivity index (χ4n) is 1.70. The molecule has 1 aromatic carbocycles. The van der Waals surface area contributed by atoms with E-state index in [2.05, 4.69) is 4.98 Å². The molecule has 6 nitrogen and oxygen atoms in total. The number of hydrogen-bond acceptors (Lipinski definition) is 5. The van der Waals surface area contributed by atoms with Gasteiger partial charge in [-0.15, -0.1) is 0 Å². The van der Waals surface area contributed by atoms with Crippen LogP contribution in [0.3, 0.4) is 0 Å². The molecule has 2 N–H and O–H groups in total. The molecular weight excluding hydrogens is 246 g/mol. The van der Waals surface area contributed by atoms with Crippen LogP contribution in [0.4, 0.5) is 11.4 Å². The lowest BCUT2D eigenvalue weighted by Crippen LogP contribution is -1.96. The summed E-state index contributed by atoms with van der Waals surface area (Å²) in [5.41, 5.74) is 7.41. The third kappa shape index (κ3) is 2.79. The minimum atomic E-state index is -0.409. The maximum absolute atomic E-state index is 10.8. The Morgan fingerprint density at radius 1 is 1.21 bits per heavy atom. The number of anilines is 1. The van der Waals surface area contributed by atoms with Gasteiger partial charge in [0.1, 0.15) is 11.5 Å². The summed E-state index contributed by atoms with van der Waals surface area (Å²) in [6.45, 7) is 3.42. The number of hydrogen-bond donors (Lipinski definition) is 1. The fraction of sp³-hybridized carbons (Fsp3) is 0.154. The van der Waals surface area contributed by atoms with Crippen molar-refractivity contribution in [3.8, 4) is 11.5 Å². The highest BCUT2D eigenvalue weighted by molar-refractivity contribution is 5.51. The molecule has 2 aromatic rings. The molecule has 0 aliphatic heterocycles. The molecule has 2 rings (SSSR count). The summed E-state index contributed by atoms with van der Waals surface area (Å²) in [6.07, 6.45) is 3.05. The second-order valence-electron chi connectivity index (χ2n) is 4.22. The summed E-state index contributed by atoms with van der Waals surface area (Å²) >= 11 is 0. The van der Waals surface area contributed by atoms with E-state index in [9.17, 15) is 10.1 Å². The Morgan fingerprint density at radius 3 is 2.58 bits per heavy atom. The van der Waals surface area contributed by atoms with Crippen molar-refractivity contribution >= 4 is 11.4 Å². The van der Waals surface area contributed by atoms with Gasteiger partial charge in [-0.05, 0) is 25.5 Å². The molecule has 0 saturated heterocycles. The zero-order valence-electron chi connectivity index (χ0n) is 10.6. The van der Waals surface area contributed by atoms with E-state index < -0.39 is 4.92 Å². The van der Waals surface area contributed by atoms with Crippen molar-refractivity contribution in [2.24, 2.45) is 0 Å². The number of nitrogens with zero attached hydrogens (tertiary/aromatic N) is 2. The van der Waals surface area contributed by atoms with Gasteiger partial charge in [0.05, 0.1) is 23.0 Å². The number of rotatable bonds is 3. The van der Waals surface area contributed by atoms with Crippen molar-refractivity contribution in [2.45, 2.75) is 13.8 Å². The molecule has 0 bridgehead atoms. The molecule has 1 heterocycles. The van der Waals surface area contributed by atoms with Gasteiger partial charge in [0.2, 0.25) is 0 Å². The molecule has 0 fully saturated rings. The molecular formula is C13H13N3O3. The summed E-state index contributed by atoms with van der Waals surface area (Å²) in [5, 5.41) is 10.8. The molecule has 1 aromatic heterocycles. The van der Waals surface area contributed by atoms with Crippen LogP contribution in [0.2, 0.25) is 0 Å². The molecule has 19 heavy (non-hydrogen) atoms. The first-order valence-corrected chi connectivity index (χ1v) is 5.61. The molecule has 0 unspecified atom stereocenters. The van der Waals surface area contributed by atoms with Gasteiger partial charge in [-0.1, -0.05) is 0 Å². The minimum absolute atomic E-state index is 0.0792. The first kappa shape index (κ1) is 12.8. The number of nitro benzene ring substituents is 1. The average molecular weight is 259 g/mol. The number of ether oxygens (including phenoxy) is 1. The maximum Gasteiger partial charge on any atom is 0.272 e. The lowest BCUT2D eigenvalue weighted by atomic mass is 10.1. The predicted molar refractivity (Wildman–Crippen MR) is 71.3 cm³/mol. The van der Waals surface area contributed by atoms with Crippen LogP contribution in [0.25, 0.3) is 0 Å². The molecule has 0 spiro atoms. The highest BCUT2D eigenvalue weighted by Gasteiger charge is 2.14.